The van der Waals surface area contributed by atoms with Crippen molar-refractivity contribution in [3.05, 3.63) is 0 Å². The third kappa shape index (κ3) is 6.28. The first-order valence-corrected chi connectivity index (χ1v) is 9.55. The van der Waals surface area contributed by atoms with Crippen molar-refractivity contribution in [3.8, 4) is 0 Å². The summed E-state index contributed by atoms with van der Waals surface area (Å²) in [5, 5.41) is 0. The molecule has 1 saturated carbocycles. The van der Waals surface area contributed by atoms with Crippen LogP contribution < -0.4 is 0 Å². The molecule has 0 N–H and O–H groups in total. The van der Waals surface area contributed by atoms with E-state index in [0.717, 1.165) is 11.8 Å². The van der Waals surface area contributed by atoms with Crippen molar-refractivity contribution < 1.29 is 4.74 Å². The Labute approximate surface area is 132 Å². The molecular weight excluding hydrogens is 258 g/mol. The molecule has 1 aliphatic heterocycles. The topological polar surface area (TPSA) is 12.5 Å². The van der Waals surface area contributed by atoms with E-state index in [9.17, 15) is 0 Å². The van der Waals surface area contributed by atoms with Gasteiger partial charge in [0, 0.05) is 0 Å². The largest absolute Gasteiger partial charge is 0.376 e. The smallest absolute Gasteiger partial charge is 0.0578 e. The number of likely N-dealkylation sites (tertiary alicyclic amines) is 1. The molecule has 0 spiro atoms. The summed E-state index contributed by atoms with van der Waals surface area (Å²) in [5.41, 5.74) is 0. The fraction of sp³-hybridized carbons (Fsp3) is 1.00. The van der Waals surface area contributed by atoms with Crippen LogP contribution in [0.15, 0.2) is 0 Å². The molecule has 1 heterocycles. The maximum absolute atomic E-state index is 5.95. The minimum Gasteiger partial charge on any atom is -0.376 e. The Bertz CT molecular complexity index is 263. The summed E-state index contributed by atoms with van der Waals surface area (Å²) in [6.45, 7) is 10.7. The number of hydrogen-bond donors (Lipinski definition) is 0. The highest BCUT2D eigenvalue weighted by Crippen LogP contribution is 2.30. The van der Waals surface area contributed by atoms with E-state index in [4.69, 9.17) is 4.74 Å². The SMILES string of the molecule is CCC1CCN(CCCC2CCC(OC(C)C)CC2)CC1. The zero-order valence-electron chi connectivity index (χ0n) is 14.7. The Balaban J connectivity index is 1.52. The Hall–Kier alpha value is -0.0800. The van der Waals surface area contributed by atoms with Gasteiger partial charge in [-0.1, -0.05) is 13.3 Å². The summed E-state index contributed by atoms with van der Waals surface area (Å²) in [6.07, 6.45) is 13.5. The van der Waals surface area contributed by atoms with Gasteiger partial charge in [-0.2, -0.15) is 0 Å². The first-order valence-electron chi connectivity index (χ1n) is 9.55. The van der Waals surface area contributed by atoms with Gasteiger partial charge in [-0.15, -0.1) is 0 Å². The van der Waals surface area contributed by atoms with Crippen molar-refractivity contribution in [2.24, 2.45) is 11.8 Å². The van der Waals surface area contributed by atoms with Crippen LogP contribution in [0.5, 0.6) is 0 Å². The molecule has 0 aromatic rings. The van der Waals surface area contributed by atoms with E-state index in [0.29, 0.717) is 12.2 Å². The number of nitrogens with zero attached hydrogens (tertiary/aromatic N) is 1. The van der Waals surface area contributed by atoms with Crippen LogP contribution in [0, 0.1) is 11.8 Å². The van der Waals surface area contributed by atoms with Crippen LogP contribution in [0.25, 0.3) is 0 Å². The Morgan fingerprint density at radius 2 is 1.62 bits per heavy atom. The van der Waals surface area contributed by atoms with Crippen LogP contribution >= 0.6 is 0 Å². The fourth-order valence-corrected chi connectivity index (χ4v) is 4.16. The maximum Gasteiger partial charge on any atom is 0.0578 e. The van der Waals surface area contributed by atoms with Gasteiger partial charge >= 0.3 is 0 Å². The van der Waals surface area contributed by atoms with E-state index < -0.39 is 0 Å². The lowest BCUT2D eigenvalue weighted by atomic mass is 9.84. The third-order valence-corrected chi connectivity index (χ3v) is 5.63. The number of hydrogen-bond acceptors (Lipinski definition) is 2. The highest BCUT2D eigenvalue weighted by Gasteiger charge is 2.23. The van der Waals surface area contributed by atoms with Gasteiger partial charge in [-0.05, 0) is 96.7 Å². The van der Waals surface area contributed by atoms with Gasteiger partial charge in [0.25, 0.3) is 0 Å². The second-order valence-corrected chi connectivity index (χ2v) is 7.66. The monoisotopic (exact) mass is 295 g/mol. The number of piperidine rings is 1. The van der Waals surface area contributed by atoms with Crippen molar-refractivity contribution >= 4 is 0 Å². The molecule has 0 aromatic carbocycles. The quantitative estimate of drug-likeness (QED) is 0.664. The first-order chi connectivity index (χ1) is 10.2. The van der Waals surface area contributed by atoms with E-state index in [1.165, 1.54) is 77.4 Å². The van der Waals surface area contributed by atoms with Crippen molar-refractivity contribution in [2.75, 3.05) is 19.6 Å². The molecule has 2 aliphatic rings. The predicted molar refractivity (Wildman–Crippen MR) is 90.7 cm³/mol. The summed E-state index contributed by atoms with van der Waals surface area (Å²) >= 11 is 0. The molecule has 0 bridgehead atoms. The van der Waals surface area contributed by atoms with Crippen molar-refractivity contribution in [3.63, 3.8) is 0 Å². The molecule has 2 fully saturated rings. The second-order valence-electron chi connectivity index (χ2n) is 7.66. The predicted octanol–water partition coefficient (Wildman–Crippen LogP) is 4.87. The molecule has 2 heteroatoms. The van der Waals surface area contributed by atoms with Crippen LogP contribution in [0.4, 0.5) is 0 Å². The summed E-state index contributed by atoms with van der Waals surface area (Å²) in [4.78, 5) is 2.71. The molecule has 1 aliphatic carbocycles. The van der Waals surface area contributed by atoms with Crippen molar-refractivity contribution in [2.45, 2.75) is 90.8 Å². The van der Waals surface area contributed by atoms with Crippen LogP contribution in [0.3, 0.4) is 0 Å². The normalized spacial score (nSPS) is 29.1. The van der Waals surface area contributed by atoms with Crippen LogP contribution in [0.2, 0.25) is 0 Å². The first kappa shape index (κ1) is 17.3. The van der Waals surface area contributed by atoms with Gasteiger partial charge in [0.05, 0.1) is 12.2 Å². The Kier molecular flexibility index (Phi) is 7.53. The molecule has 2 nitrogen and oxygen atoms in total. The van der Waals surface area contributed by atoms with Gasteiger partial charge in [0.1, 0.15) is 0 Å². The van der Waals surface area contributed by atoms with E-state index >= 15 is 0 Å². The van der Waals surface area contributed by atoms with Crippen LogP contribution in [-0.4, -0.2) is 36.7 Å². The zero-order valence-corrected chi connectivity index (χ0v) is 14.7. The maximum atomic E-state index is 5.95. The lowest BCUT2D eigenvalue weighted by molar-refractivity contribution is -0.0204. The average Bonchev–Trinajstić information content (AvgIpc) is 2.49. The molecule has 1 saturated heterocycles. The summed E-state index contributed by atoms with van der Waals surface area (Å²) in [5.74, 6) is 1.99. The minimum absolute atomic E-state index is 0.401. The average molecular weight is 296 g/mol. The summed E-state index contributed by atoms with van der Waals surface area (Å²) in [7, 11) is 0. The Morgan fingerprint density at radius 3 is 2.19 bits per heavy atom. The van der Waals surface area contributed by atoms with Crippen LogP contribution in [-0.2, 0) is 4.74 Å². The highest BCUT2D eigenvalue weighted by molar-refractivity contribution is 4.75. The lowest BCUT2D eigenvalue weighted by Crippen LogP contribution is -2.34. The van der Waals surface area contributed by atoms with Crippen molar-refractivity contribution in [1.29, 1.82) is 0 Å². The summed E-state index contributed by atoms with van der Waals surface area (Å²) in [6, 6.07) is 0. The van der Waals surface area contributed by atoms with E-state index in [-0.39, 0.29) is 0 Å². The van der Waals surface area contributed by atoms with Crippen molar-refractivity contribution in [1.82, 2.24) is 4.90 Å². The number of ether oxygens (including phenoxy) is 1. The molecule has 21 heavy (non-hydrogen) atoms. The molecular formula is C19H37NO. The molecule has 0 aromatic heterocycles. The minimum atomic E-state index is 0.401. The molecule has 0 radical (unpaired) electrons. The van der Waals surface area contributed by atoms with Gasteiger partial charge in [-0.25, -0.2) is 0 Å². The highest BCUT2D eigenvalue weighted by atomic mass is 16.5. The number of rotatable bonds is 7. The summed E-state index contributed by atoms with van der Waals surface area (Å²) < 4.78 is 5.95. The van der Waals surface area contributed by atoms with Crippen LogP contribution in [0.1, 0.15) is 78.6 Å². The third-order valence-electron chi connectivity index (χ3n) is 5.63. The standard InChI is InChI=1S/C19H37NO/c1-4-17-11-14-20(15-12-17)13-5-6-18-7-9-19(10-8-18)21-16(2)3/h16-19H,4-15H2,1-3H3. The van der Waals surface area contributed by atoms with E-state index in [1.807, 2.05) is 0 Å². The molecule has 124 valence electrons. The zero-order chi connectivity index (χ0) is 15.1. The lowest BCUT2D eigenvalue weighted by Gasteiger charge is -2.33. The fourth-order valence-electron chi connectivity index (χ4n) is 4.16. The van der Waals surface area contributed by atoms with Gasteiger partial charge in [0.2, 0.25) is 0 Å². The van der Waals surface area contributed by atoms with Gasteiger partial charge in [-0.3, -0.25) is 0 Å². The van der Waals surface area contributed by atoms with Gasteiger partial charge in [0.15, 0.2) is 0 Å². The van der Waals surface area contributed by atoms with E-state index in [1.54, 1.807) is 0 Å². The molecule has 0 unspecified atom stereocenters. The van der Waals surface area contributed by atoms with Gasteiger partial charge < -0.3 is 9.64 Å². The van der Waals surface area contributed by atoms with E-state index in [2.05, 4.69) is 25.7 Å². The Morgan fingerprint density at radius 1 is 0.952 bits per heavy atom. The molecule has 0 amide bonds. The molecule has 2 rings (SSSR count). The second kappa shape index (κ2) is 9.15. The molecule has 0 atom stereocenters.